The Hall–Kier alpha value is -2.80. The van der Waals surface area contributed by atoms with E-state index in [0.29, 0.717) is 16.5 Å². The van der Waals surface area contributed by atoms with Crippen LogP contribution in [0.25, 0.3) is 0 Å². The first-order valence-electron chi connectivity index (χ1n) is 6.43. The summed E-state index contributed by atoms with van der Waals surface area (Å²) < 4.78 is 10.1. The third kappa shape index (κ3) is 3.89. The maximum Gasteiger partial charge on any atom is 0.273 e. The maximum absolute atomic E-state index is 12.3. The van der Waals surface area contributed by atoms with Gasteiger partial charge in [-0.15, -0.1) is 0 Å². The van der Waals surface area contributed by atoms with E-state index in [1.54, 1.807) is 12.1 Å². The molecule has 0 radical (unpaired) electrons. The van der Waals surface area contributed by atoms with Gasteiger partial charge in [0.1, 0.15) is 11.5 Å². The van der Waals surface area contributed by atoms with Crippen LogP contribution in [-0.2, 0) is 0 Å². The lowest BCUT2D eigenvalue weighted by atomic mass is 10.1. The van der Waals surface area contributed by atoms with Gasteiger partial charge in [-0.05, 0) is 24.3 Å². The standard InChI is InChI=1S/C15H13ClN2O5/c1-22-12-6-9(5-11(8-12)18(20)21)15(19)17-13-7-10(16)3-4-14(13)23-2/h3-8H,1-2H3,(H,17,19). The number of nitrogens with zero attached hydrogens (tertiary/aromatic N) is 1. The van der Waals surface area contributed by atoms with Crippen LogP contribution in [0, 0.1) is 10.1 Å². The van der Waals surface area contributed by atoms with E-state index in [-0.39, 0.29) is 17.0 Å². The van der Waals surface area contributed by atoms with Crippen molar-refractivity contribution in [1.82, 2.24) is 0 Å². The van der Waals surface area contributed by atoms with Crippen molar-refractivity contribution in [3.05, 3.63) is 57.1 Å². The van der Waals surface area contributed by atoms with E-state index in [4.69, 9.17) is 21.1 Å². The van der Waals surface area contributed by atoms with E-state index in [1.165, 1.54) is 32.4 Å². The molecule has 0 bridgehead atoms. The molecule has 120 valence electrons. The van der Waals surface area contributed by atoms with E-state index >= 15 is 0 Å². The second kappa shape index (κ2) is 6.97. The van der Waals surface area contributed by atoms with Crippen LogP contribution < -0.4 is 14.8 Å². The number of carbonyl (C=O) groups is 1. The highest BCUT2D eigenvalue weighted by Crippen LogP contribution is 2.29. The van der Waals surface area contributed by atoms with Gasteiger partial charge in [0.05, 0.1) is 36.5 Å². The second-order valence-corrected chi connectivity index (χ2v) is 4.91. The summed E-state index contributed by atoms with van der Waals surface area (Å²) in [5, 5.41) is 14.0. The molecule has 0 aromatic heterocycles. The zero-order chi connectivity index (χ0) is 17.0. The fraction of sp³-hybridized carbons (Fsp3) is 0.133. The van der Waals surface area contributed by atoms with E-state index in [0.717, 1.165) is 6.07 Å². The molecule has 2 aromatic carbocycles. The highest BCUT2D eigenvalue weighted by atomic mass is 35.5. The van der Waals surface area contributed by atoms with Gasteiger partial charge in [-0.2, -0.15) is 0 Å². The van der Waals surface area contributed by atoms with Crippen molar-refractivity contribution in [2.45, 2.75) is 0 Å². The number of non-ortho nitro benzene ring substituents is 1. The smallest absolute Gasteiger partial charge is 0.273 e. The molecule has 0 aliphatic rings. The summed E-state index contributed by atoms with van der Waals surface area (Å²) in [4.78, 5) is 22.7. The van der Waals surface area contributed by atoms with Gasteiger partial charge < -0.3 is 14.8 Å². The molecule has 0 unspecified atom stereocenters. The van der Waals surface area contributed by atoms with Crippen molar-refractivity contribution in [3.63, 3.8) is 0 Å². The molecule has 0 aliphatic carbocycles. The molecule has 8 heteroatoms. The van der Waals surface area contributed by atoms with Crippen LogP contribution in [0.5, 0.6) is 11.5 Å². The molecule has 2 rings (SSSR count). The van der Waals surface area contributed by atoms with Crippen molar-refractivity contribution in [2.24, 2.45) is 0 Å². The van der Waals surface area contributed by atoms with E-state index in [9.17, 15) is 14.9 Å². The summed E-state index contributed by atoms with van der Waals surface area (Å²) in [6.45, 7) is 0. The van der Waals surface area contributed by atoms with Crippen LogP contribution in [0.2, 0.25) is 5.02 Å². The summed E-state index contributed by atoms with van der Waals surface area (Å²) in [5.41, 5.74) is 0.195. The zero-order valence-electron chi connectivity index (χ0n) is 12.3. The van der Waals surface area contributed by atoms with Crippen molar-refractivity contribution in [2.75, 3.05) is 19.5 Å². The third-order valence-electron chi connectivity index (χ3n) is 3.01. The number of hydrogen-bond donors (Lipinski definition) is 1. The Morgan fingerprint density at radius 2 is 1.91 bits per heavy atom. The molecule has 23 heavy (non-hydrogen) atoms. The van der Waals surface area contributed by atoms with Crippen LogP contribution in [0.15, 0.2) is 36.4 Å². The van der Waals surface area contributed by atoms with Gasteiger partial charge >= 0.3 is 0 Å². The first-order valence-corrected chi connectivity index (χ1v) is 6.80. The minimum absolute atomic E-state index is 0.0816. The number of nitro benzene ring substituents is 1. The summed E-state index contributed by atoms with van der Waals surface area (Å²) in [5.74, 6) is 0.0788. The van der Waals surface area contributed by atoms with E-state index in [1.807, 2.05) is 0 Å². The molecule has 0 fully saturated rings. The molecule has 2 aromatic rings. The number of anilines is 1. The average Bonchev–Trinajstić information content (AvgIpc) is 2.54. The molecule has 0 spiro atoms. The van der Waals surface area contributed by atoms with Crippen LogP contribution in [0.4, 0.5) is 11.4 Å². The summed E-state index contributed by atoms with van der Waals surface area (Å²) in [6, 6.07) is 8.54. The molecule has 1 amide bonds. The minimum Gasteiger partial charge on any atom is -0.496 e. The Kier molecular flexibility index (Phi) is 5.02. The number of benzene rings is 2. The quantitative estimate of drug-likeness (QED) is 0.666. The summed E-state index contributed by atoms with van der Waals surface area (Å²) >= 11 is 5.90. The predicted octanol–water partition coefficient (Wildman–Crippen LogP) is 3.52. The number of rotatable bonds is 5. The largest absolute Gasteiger partial charge is 0.496 e. The number of halogens is 1. The molecule has 1 N–H and O–H groups in total. The Bertz CT molecular complexity index is 764. The fourth-order valence-electron chi connectivity index (χ4n) is 1.91. The van der Waals surface area contributed by atoms with Gasteiger partial charge in [-0.3, -0.25) is 14.9 Å². The number of ether oxygens (including phenoxy) is 2. The monoisotopic (exact) mass is 336 g/mol. The molecule has 0 saturated carbocycles. The van der Waals surface area contributed by atoms with E-state index in [2.05, 4.69) is 5.32 Å². The SMILES string of the molecule is COc1cc(C(=O)Nc2cc(Cl)ccc2OC)cc([N+](=O)[O-])c1. The zero-order valence-corrected chi connectivity index (χ0v) is 13.1. The van der Waals surface area contributed by atoms with Gasteiger partial charge in [-0.1, -0.05) is 11.6 Å². The highest BCUT2D eigenvalue weighted by Gasteiger charge is 2.16. The van der Waals surface area contributed by atoms with Crippen LogP contribution in [0.1, 0.15) is 10.4 Å². The molecule has 0 atom stereocenters. The van der Waals surface area contributed by atoms with Crippen LogP contribution in [0.3, 0.4) is 0 Å². The fourth-order valence-corrected chi connectivity index (χ4v) is 2.08. The number of nitrogens with one attached hydrogen (secondary N) is 1. The van der Waals surface area contributed by atoms with Crippen molar-refractivity contribution >= 4 is 28.9 Å². The lowest BCUT2D eigenvalue weighted by molar-refractivity contribution is -0.384. The first-order chi connectivity index (χ1) is 10.9. The van der Waals surface area contributed by atoms with Gasteiger partial charge in [0.25, 0.3) is 11.6 Å². The topological polar surface area (TPSA) is 90.7 Å². The Morgan fingerprint density at radius 1 is 1.17 bits per heavy atom. The predicted molar refractivity (Wildman–Crippen MR) is 85.6 cm³/mol. The van der Waals surface area contributed by atoms with Crippen LogP contribution >= 0.6 is 11.6 Å². The summed E-state index contributed by atoms with van der Waals surface area (Å²) in [6.07, 6.45) is 0. The van der Waals surface area contributed by atoms with Gasteiger partial charge in [0.15, 0.2) is 0 Å². The third-order valence-corrected chi connectivity index (χ3v) is 3.24. The Morgan fingerprint density at radius 3 is 2.52 bits per heavy atom. The van der Waals surface area contributed by atoms with Gasteiger partial charge in [-0.25, -0.2) is 0 Å². The van der Waals surface area contributed by atoms with Crippen molar-refractivity contribution < 1.29 is 19.2 Å². The Balaban J connectivity index is 2.36. The van der Waals surface area contributed by atoms with Crippen LogP contribution in [-0.4, -0.2) is 25.1 Å². The maximum atomic E-state index is 12.3. The molecule has 0 saturated heterocycles. The van der Waals surface area contributed by atoms with Gasteiger partial charge in [0.2, 0.25) is 0 Å². The van der Waals surface area contributed by atoms with Crippen molar-refractivity contribution in [3.8, 4) is 11.5 Å². The first kappa shape index (κ1) is 16.6. The number of nitro groups is 1. The normalized spacial score (nSPS) is 10.0. The number of amides is 1. The average molecular weight is 337 g/mol. The van der Waals surface area contributed by atoms with Gasteiger partial charge in [0, 0.05) is 11.1 Å². The lowest BCUT2D eigenvalue weighted by Crippen LogP contribution is -2.13. The molecule has 0 aliphatic heterocycles. The highest BCUT2D eigenvalue weighted by molar-refractivity contribution is 6.31. The second-order valence-electron chi connectivity index (χ2n) is 4.48. The van der Waals surface area contributed by atoms with E-state index < -0.39 is 10.8 Å². The van der Waals surface area contributed by atoms with Crippen molar-refractivity contribution in [1.29, 1.82) is 0 Å². The Labute approximate surface area is 136 Å². The summed E-state index contributed by atoms with van der Waals surface area (Å²) in [7, 11) is 2.82. The number of hydrogen-bond acceptors (Lipinski definition) is 5. The molecular weight excluding hydrogens is 324 g/mol. The molecular formula is C15H13ClN2O5. The number of methoxy groups -OCH3 is 2. The lowest BCUT2D eigenvalue weighted by Gasteiger charge is -2.11. The number of carbonyl (C=O) groups excluding carboxylic acids is 1. The minimum atomic E-state index is -0.598. The molecule has 0 heterocycles. The molecule has 7 nitrogen and oxygen atoms in total.